The molecular weight excluding hydrogens is 557 g/mol. The zero-order valence-corrected chi connectivity index (χ0v) is 23.0. The molecule has 1 fully saturated rings. The minimum atomic E-state index is -4.72. The quantitative estimate of drug-likeness (QED) is 0.243. The first-order valence-electron chi connectivity index (χ1n) is 11.7. The minimum Gasteiger partial charge on any atom is -0.508 e. The normalized spacial score (nSPS) is 15.6. The molecule has 1 aliphatic heterocycles. The molecule has 12 heteroatoms. The maximum absolute atomic E-state index is 13.5. The Kier molecular flexibility index (Phi) is 7.52. The van der Waals surface area contributed by atoms with Crippen molar-refractivity contribution >= 4 is 68.9 Å². The summed E-state index contributed by atoms with van der Waals surface area (Å²) in [6.07, 6.45) is -4.72. The molecule has 2 N–H and O–H groups in total. The number of hydrogen-bond acceptors (Lipinski definition) is 3. The molecule has 4 rings (SSSR count). The van der Waals surface area contributed by atoms with Gasteiger partial charge < -0.3 is 15.3 Å². The van der Waals surface area contributed by atoms with Crippen molar-refractivity contribution in [1.29, 1.82) is 0 Å². The highest BCUT2D eigenvalue weighted by atomic mass is 32.1. The monoisotopic (exact) mass is 578 g/mol. The van der Waals surface area contributed by atoms with Crippen LogP contribution < -0.4 is 15.1 Å². The Bertz CT molecular complexity index is 1640. The second kappa shape index (κ2) is 10.6. The van der Waals surface area contributed by atoms with Crippen LogP contribution in [0.3, 0.4) is 0 Å². The topological polar surface area (TPSA) is 59.8 Å². The zero-order chi connectivity index (χ0) is 29.4. The van der Waals surface area contributed by atoms with Gasteiger partial charge in [-0.3, -0.25) is 4.90 Å². The number of amidine groups is 1. The van der Waals surface area contributed by atoms with Crippen molar-refractivity contribution in [3.05, 3.63) is 94.6 Å². The summed E-state index contributed by atoms with van der Waals surface area (Å²) >= 11 is 11.3. The highest BCUT2D eigenvalue weighted by molar-refractivity contribution is 7.81. The Morgan fingerprint density at radius 3 is 2.15 bits per heavy atom. The van der Waals surface area contributed by atoms with Crippen LogP contribution in [0.25, 0.3) is 9.69 Å². The van der Waals surface area contributed by atoms with Crippen LogP contribution in [0.4, 0.5) is 41.6 Å². The van der Waals surface area contributed by atoms with Gasteiger partial charge >= 0.3 is 6.18 Å². The van der Waals surface area contributed by atoms with Gasteiger partial charge in [-0.25, -0.2) is 14.7 Å². The third kappa shape index (κ3) is 5.32. The number of aliphatic imine (C=N–C) groups is 1. The van der Waals surface area contributed by atoms with Crippen molar-refractivity contribution in [2.45, 2.75) is 32.5 Å². The molecule has 0 aromatic heterocycles. The summed E-state index contributed by atoms with van der Waals surface area (Å²) in [5, 5.41) is 12.7. The number of anilines is 3. The van der Waals surface area contributed by atoms with Gasteiger partial charge in [0.05, 0.1) is 18.7 Å². The van der Waals surface area contributed by atoms with Crippen molar-refractivity contribution in [2.24, 2.45) is 4.99 Å². The number of rotatable bonds is 3. The number of nitrogens with one attached hydrogen (secondary N) is 1. The van der Waals surface area contributed by atoms with E-state index in [1.807, 2.05) is 18.7 Å². The van der Waals surface area contributed by atoms with Crippen molar-refractivity contribution in [3.63, 3.8) is 0 Å². The third-order valence-corrected chi connectivity index (χ3v) is 6.81. The number of thiocarbonyl (C=S) groups is 2. The van der Waals surface area contributed by atoms with Crippen LogP contribution in [-0.4, -0.2) is 26.7 Å². The molecule has 0 spiro atoms. The highest BCUT2D eigenvalue weighted by Crippen LogP contribution is 2.40. The van der Waals surface area contributed by atoms with E-state index in [1.165, 1.54) is 18.2 Å². The second-order valence-corrected chi connectivity index (χ2v) is 10.1. The van der Waals surface area contributed by atoms with E-state index in [0.29, 0.717) is 28.0 Å². The van der Waals surface area contributed by atoms with Crippen molar-refractivity contribution in [3.8, 4) is 5.75 Å². The summed E-state index contributed by atoms with van der Waals surface area (Å²) in [6, 6.07) is 14.9. The van der Waals surface area contributed by atoms with Gasteiger partial charge in [-0.15, -0.1) is 0 Å². The van der Waals surface area contributed by atoms with Gasteiger partial charge in [-0.2, -0.15) is 13.2 Å². The first kappa shape index (κ1) is 28.5. The summed E-state index contributed by atoms with van der Waals surface area (Å²) in [5.74, 6) is 0.461. The number of benzene rings is 3. The van der Waals surface area contributed by atoms with Crippen LogP contribution in [0.5, 0.6) is 5.75 Å². The summed E-state index contributed by atoms with van der Waals surface area (Å²) in [5.41, 5.74) is -0.0121. The maximum Gasteiger partial charge on any atom is 0.407 e. The number of alkyl halides is 3. The Balaban J connectivity index is 1.80. The first-order valence-corrected chi connectivity index (χ1v) is 12.5. The van der Waals surface area contributed by atoms with Crippen LogP contribution in [-0.2, 0) is 6.18 Å². The zero-order valence-electron chi connectivity index (χ0n) is 21.4. The number of aromatic hydroxyl groups is 1. The molecule has 0 aliphatic carbocycles. The van der Waals surface area contributed by atoms with Crippen LogP contribution in [0, 0.1) is 20.1 Å². The standard InChI is InChI=1S/C28H21F3N6OS2/c1-16-14-19(9-13-22(16)32-4)36-24(27(2,3)37(26(36)40)18-7-10-20(38)11-8-18)35-25(39)34-17-6-12-23(33-5)21(15-17)28(29,30)31/h6-15,38H,1-3H3,(H,34,39). The maximum atomic E-state index is 13.5. The summed E-state index contributed by atoms with van der Waals surface area (Å²) in [6.45, 7) is 19.9. The van der Waals surface area contributed by atoms with Crippen molar-refractivity contribution in [2.75, 3.05) is 15.1 Å². The van der Waals surface area contributed by atoms with E-state index in [9.17, 15) is 18.3 Å². The average Bonchev–Trinajstić information content (AvgIpc) is 3.08. The number of phenols is 1. The number of aryl methyl sites for hydroxylation is 1. The van der Waals surface area contributed by atoms with Gasteiger partial charge in [0.1, 0.15) is 17.1 Å². The molecular formula is C28H21F3N6OS2. The van der Waals surface area contributed by atoms with E-state index in [-0.39, 0.29) is 16.5 Å². The molecule has 1 saturated heterocycles. The van der Waals surface area contributed by atoms with Crippen LogP contribution in [0.15, 0.2) is 65.7 Å². The van der Waals surface area contributed by atoms with Gasteiger partial charge in [0, 0.05) is 17.1 Å². The Labute approximate surface area is 239 Å². The molecule has 0 atom stereocenters. The molecule has 0 saturated carbocycles. The van der Waals surface area contributed by atoms with E-state index in [4.69, 9.17) is 37.6 Å². The van der Waals surface area contributed by atoms with Crippen LogP contribution >= 0.6 is 24.4 Å². The van der Waals surface area contributed by atoms with E-state index in [0.717, 1.165) is 17.7 Å². The fourth-order valence-electron chi connectivity index (χ4n) is 4.35. The average molecular weight is 579 g/mol. The molecule has 3 aromatic rings. The molecule has 40 heavy (non-hydrogen) atoms. The molecule has 1 heterocycles. The van der Waals surface area contributed by atoms with Crippen molar-refractivity contribution < 1.29 is 18.3 Å². The van der Waals surface area contributed by atoms with Gasteiger partial charge in [0.25, 0.3) is 0 Å². The largest absolute Gasteiger partial charge is 0.508 e. The SMILES string of the molecule is [C-]#[N+]c1ccc(N2C(=S)N(c3ccc(O)cc3)C(C)(C)C2=NC(=S)Nc2ccc([N+]#[C-])c(C(F)(F)F)c2)cc1C. The molecule has 0 amide bonds. The van der Waals surface area contributed by atoms with Crippen molar-refractivity contribution in [1.82, 2.24) is 0 Å². The predicted octanol–water partition coefficient (Wildman–Crippen LogP) is 8.01. The lowest BCUT2D eigenvalue weighted by atomic mass is 10.0. The molecule has 0 bridgehead atoms. The van der Waals surface area contributed by atoms with Gasteiger partial charge in [-0.05, 0) is 99.3 Å². The molecule has 202 valence electrons. The molecule has 3 aromatic carbocycles. The summed E-state index contributed by atoms with van der Waals surface area (Å²) in [4.78, 5) is 14.6. The number of halogens is 3. The summed E-state index contributed by atoms with van der Waals surface area (Å²) in [7, 11) is 0. The van der Waals surface area contributed by atoms with Crippen LogP contribution in [0.2, 0.25) is 0 Å². The van der Waals surface area contributed by atoms with Crippen LogP contribution in [0.1, 0.15) is 25.0 Å². The smallest absolute Gasteiger partial charge is 0.407 e. The number of phenolic OH excluding ortho intramolecular Hbond substituents is 1. The number of hydrogen-bond donors (Lipinski definition) is 2. The fourth-order valence-corrected chi connectivity index (χ4v) is 5.08. The molecule has 0 unspecified atom stereocenters. The highest BCUT2D eigenvalue weighted by Gasteiger charge is 2.48. The molecule has 0 radical (unpaired) electrons. The molecule has 1 aliphatic rings. The first-order chi connectivity index (χ1) is 18.8. The predicted molar refractivity (Wildman–Crippen MR) is 159 cm³/mol. The lowest BCUT2D eigenvalue weighted by molar-refractivity contribution is -0.136. The second-order valence-electron chi connectivity index (χ2n) is 9.32. The van der Waals surface area contributed by atoms with Gasteiger partial charge in [-0.1, -0.05) is 12.1 Å². The summed E-state index contributed by atoms with van der Waals surface area (Å²) < 4.78 is 40.5. The minimum absolute atomic E-state index is 0.0200. The third-order valence-electron chi connectivity index (χ3n) is 6.25. The number of nitrogens with zero attached hydrogens (tertiary/aromatic N) is 5. The Morgan fingerprint density at radius 1 is 0.975 bits per heavy atom. The van der Waals surface area contributed by atoms with E-state index in [1.54, 1.807) is 42.2 Å². The lowest BCUT2D eigenvalue weighted by Crippen LogP contribution is -2.45. The fraction of sp³-hybridized carbons (Fsp3) is 0.179. The van der Waals surface area contributed by atoms with Gasteiger partial charge in [0.2, 0.25) is 0 Å². The van der Waals surface area contributed by atoms with E-state index in [2.05, 4.69) is 20.0 Å². The van der Waals surface area contributed by atoms with Gasteiger partial charge in [0.15, 0.2) is 21.6 Å². The lowest BCUT2D eigenvalue weighted by Gasteiger charge is -2.31. The Morgan fingerprint density at radius 2 is 1.57 bits per heavy atom. The van der Waals surface area contributed by atoms with E-state index < -0.39 is 23.0 Å². The Hall–Kier alpha value is -4.52. The van der Waals surface area contributed by atoms with E-state index >= 15 is 0 Å². The molecule has 7 nitrogen and oxygen atoms in total.